The lowest BCUT2D eigenvalue weighted by atomic mass is 10.0. The number of carbonyl (C=O) groups is 2. The fraction of sp³-hybridized carbons (Fsp3) is 0.0417. The Kier molecular flexibility index (Phi) is 6.72. The van der Waals surface area contributed by atoms with E-state index < -0.39 is 11.7 Å². The fourth-order valence-electron chi connectivity index (χ4n) is 3.01. The zero-order valence-corrected chi connectivity index (χ0v) is 18.5. The number of benzene rings is 3. The van der Waals surface area contributed by atoms with Crippen LogP contribution in [-0.2, 0) is 6.73 Å². The van der Waals surface area contributed by atoms with Gasteiger partial charge in [-0.1, -0.05) is 53.5 Å². The number of nitrogens with zero attached hydrogens (tertiary/aromatic N) is 2. The highest BCUT2D eigenvalue weighted by Gasteiger charge is 2.18. The van der Waals surface area contributed by atoms with E-state index in [0.29, 0.717) is 22.0 Å². The molecular weight excluding hydrogens is 468 g/mol. The van der Waals surface area contributed by atoms with E-state index in [1.807, 2.05) is 6.07 Å². The summed E-state index contributed by atoms with van der Waals surface area (Å²) in [6.45, 7) is -0.0199. The van der Waals surface area contributed by atoms with E-state index in [4.69, 9.17) is 27.9 Å². The van der Waals surface area contributed by atoms with E-state index in [0.717, 1.165) is 0 Å². The first-order valence-electron chi connectivity index (χ1n) is 9.72. The lowest BCUT2D eigenvalue weighted by Gasteiger charge is -2.10. The quantitative estimate of drug-likeness (QED) is 0.334. The lowest BCUT2D eigenvalue weighted by Crippen LogP contribution is -2.16. The highest BCUT2D eigenvalue weighted by Crippen LogP contribution is 2.24. The molecule has 3 aromatic carbocycles. The SMILES string of the molecule is O=C(Nc1ccc(Cl)cc1C(=O)c1ccccc1)c1ccn(COc2ccc(F)c(Cl)c2)n1. The van der Waals surface area contributed by atoms with Gasteiger partial charge in [0.25, 0.3) is 5.91 Å². The third-order valence-electron chi connectivity index (χ3n) is 4.64. The first kappa shape index (κ1) is 22.5. The summed E-state index contributed by atoms with van der Waals surface area (Å²) in [6.07, 6.45) is 1.55. The van der Waals surface area contributed by atoms with Gasteiger partial charge in [-0.2, -0.15) is 5.10 Å². The molecule has 0 radical (unpaired) electrons. The Bertz CT molecular complexity index is 1330. The Balaban J connectivity index is 1.47. The van der Waals surface area contributed by atoms with E-state index in [9.17, 15) is 14.0 Å². The molecule has 9 heteroatoms. The van der Waals surface area contributed by atoms with Crippen LogP contribution in [0.5, 0.6) is 5.75 Å². The smallest absolute Gasteiger partial charge is 0.276 e. The average molecular weight is 484 g/mol. The zero-order valence-electron chi connectivity index (χ0n) is 17.0. The van der Waals surface area contributed by atoms with Crippen LogP contribution in [0.2, 0.25) is 10.0 Å². The van der Waals surface area contributed by atoms with Crippen LogP contribution in [0.1, 0.15) is 26.4 Å². The normalized spacial score (nSPS) is 10.6. The van der Waals surface area contributed by atoms with Gasteiger partial charge in [-0.25, -0.2) is 9.07 Å². The molecule has 0 spiro atoms. The van der Waals surface area contributed by atoms with Gasteiger partial charge in [0.1, 0.15) is 11.6 Å². The highest BCUT2D eigenvalue weighted by atomic mass is 35.5. The number of ether oxygens (including phenoxy) is 1. The van der Waals surface area contributed by atoms with Crippen LogP contribution in [0.25, 0.3) is 0 Å². The van der Waals surface area contributed by atoms with E-state index in [1.165, 1.54) is 35.0 Å². The molecule has 1 heterocycles. The van der Waals surface area contributed by atoms with Crippen molar-refractivity contribution in [1.29, 1.82) is 0 Å². The van der Waals surface area contributed by atoms with Gasteiger partial charge in [0.2, 0.25) is 0 Å². The topological polar surface area (TPSA) is 73.2 Å². The second kappa shape index (κ2) is 9.85. The number of aromatic nitrogens is 2. The Hall–Kier alpha value is -3.68. The van der Waals surface area contributed by atoms with Crippen molar-refractivity contribution in [3.05, 3.63) is 112 Å². The molecule has 4 aromatic rings. The fourth-order valence-corrected chi connectivity index (χ4v) is 3.35. The molecule has 0 aliphatic rings. The minimum absolute atomic E-state index is 0.0199. The minimum Gasteiger partial charge on any atom is -0.471 e. The molecule has 4 rings (SSSR count). The number of carbonyl (C=O) groups excluding carboxylic acids is 2. The second-order valence-electron chi connectivity index (χ2n) is 6.93. The maximum atomic E-state index is 13.3. The number of amides is 1. The molecule has 6 nitrogen and oxygen atoms in total. The van der Waals surface area contributed by atoms with Gasteiger partial charge in [0.05, 0.1) is 10.7 Å². The molecule has 0 bridgehead atoms. The van der Waals surface area contributed by atoms with E-state index in [2.05, 4.69) is 10.4 Å². The predicted molar refractivity (Wildman–Crippen MR) is 124 cm³/mol. The Morgan fingerprint density at radius 2 is 1.79 bits per heavy atom. The minimum atomic E-state index is -0.547. The van der Waals surface area contributed by atoms with Crippen molar-refractivity contribution < 1.29 is 18.7 Å². The summed E-state index contributed by atoms with van der Waals surface area (Å²) in [4.78, 5) is 25.7. The molecule has 0 aliphatic heterocycles. The lowest BCUT2D eigenvalue weighted by molar-refractivity contribution is 0.102. The van der Waals surface area contributed by atoms with Crippen molar-refractivity contribution in [1.82, 2.24) is 9.78 Å². The monoisotopic (exact) mass is 483 g/mol. The van der Waals surface area contributed by atoms with Crippen LogP contribution in [0.4, 0.5) is 10.1 Å². The van der Waals surface area contributed by atoms with Gasteiger partial charge in [-0.3, -0.25) is 9.59 Å². The molecule has 0 fully saturated rings. The Morgan fingerprint density at radius 3 is 2.55 bits per heavy atom. The first-order chi connectivity index (χ1) is 15.9. The van der Waals surface area contributed by atoms with Crippen molar-refractivity contribution in [2.45, 2.75) is 6.73 Å². The number of rotatable bonds is 7. The molecule has 0 aliphatic carbocycles. The number of anilines is 1. The van der Waals surface area contributed by atoms with Gasteiger partial charge in [-0.15, -0.1) is 0 Å². The summed E-state index contributed by atoms with van der Waals surface area (Å²) in [5, 5.41) is 7.20. The Morgan fingerprint density at radius 1 is 1.00 bits per heavy atom. The Labute approximate surface area is 198 Å². The zero-order chi connectivity index (χ0) is 23.4. The summed E-state index contributed by atoms with van der Waals surface area (Å²) in [6, 6.07) is 18.8. The van der Waals surface area contributed by atoms with Gasteiger partial charge in [0, 0.05) is 28.4 Å². The molecule has 1 aromatic heterocycles. The molecule has 1 N–H and O–H groups in total. The molecule has 33 heavy (non-hydrogen) atoms. The van der Waals surface area contributed by atoms with Crippen LogP contribution in [-0.4, -0.2) is 21.5 Å². The number of nitrogens with one attached hydrogen (secondary N) is 1. The van der Waals surface area contributed by atoms with Gasteiger partial charge < -0.3 is 10.1 Å². The second-order valence-corrected chi connectivity index (χ2v) is 7.77. The largest absolute Gasteiger partial charge is 0.471 e. The number of hydrogen-bond acceptors (Lipinski definition) is 4. The van der Waals surface area contributed by atoms with Crippen LogP contribution in [0.15, 0.2) is 79.0 Å². The summed E-state index contributed by atoms with van der Waals surface area (Å²) in [5.74, 6) is -0.976. The van der Waals surface area contributed by atoms with Gasteiger partial charge >= 0.3 is 0 Å². The predicted octanol–water partition coefficient (Wildman–Crippen LogP) is 5.85. The summed E-state index contributed by atoms with van der Waals surface area (Å²) >= 11 is 11.8. The molecule has 1 amide bonds. The van der Waals surface area contributed by atoms with Crippen molar-refractivity contribution in [2.24, 2.45) is 0 Å². The number of hydrogen-bond donors (Lipinski definition) is 1. The molecule has 0 saturated heterocycles. The standard InChI is InChI=1S/C24H16Cl2FN3O3/c25-16-6-9-21(18(12-16)23(31)15-4-2-1-3-5-15)28-24(32)22-10-11-30(29-22)14-33-17-7-8-20(27)19(26)13-17/h1-13H,14H2,(H,28,32). The third kappa shape index (κ3) is 5.39. The van der Waals surface area contributed by atoms with Crippen molar-refractivity contribution in [3.63, 3.8) is 0 Å². The molecule has 0 saturated carbocycles. The van der Waals surface area contributed by atoms with Gasteiger partial charge in [0.15, 0.2) is 18.2 Å². The van der Waals surface area contributed by atoms with E-state index in [-0.39, 0.29) is 28.8 Å². The van der Waals surface area contributed by atoms with Crippen molar-refractivity contribution >= 4 is 40.6 Å². The van der Waals surface area contributed by atoms with Crippen molar-refractivity contribution in [2.75, 3.05) is 5.32 Å². The summed E-state index contributed by atoms with van der Waals surface area (Å²) < 4.78 is 20.2. The molecular formula is C24H16Cl2FN3O3. The highest BCUT2D eigenvalue weighted by molar-refractivity contribution is 6.31. The third-order valence-corrected chi connectivity index (χ3v) is 5.16. The van der Waals surface area contributed by atoms with Crippen molar-refractivity contribution in [3.8, 4) is 5.75 Å². The average Bonchev–Trinajstić information content (AvgIpc) is 3.30. The van der Waals surface area contributed by atoms with Gasteiger partial charge in [-0.05, 0) is 36.4 Å². The summed E-state index contributed by atoms with van der Waals surface area (Å²) in [5.41, 5.74) is 1.16. The van der Waals surface area contributed by atoms with Crippen LogP contribution >= 0.6 is 23.2 Å². The first-order valence-corrected chi connectivity index (χ1v) is 10.5. The van der Waals surface area contributed by atoms with E-state index in [1.54, 1.807) is 42.6 Å². The maximum absolute atomic E-state index is 13.3. The molecule has 0 unspecified atom stereocenters. The van der Waals surface area contributed by atoms with E-state index >= 15 is 0 Å². The van der Waals surface area contributed by atoms with Crippen LogP contribution in [0.3, 0.4) is 0 Å². The number of ketones is 1. The van der Waals surface area contributed by atoms with Crippen LogP contribution in [0, 0.1) is 5.82 Å². The van der Waals surface area contributed by atoms with Crippen LogP contribution < -0.4 is 10.1 Å². The molecule has 166 valence electrons. The maximum Gasteiger partial charge on any atom is 0.276 e. The summed E-state index contributed by atoms with van der Waals surface area (Å²) in [7, 11) is 0. The number of halogens is 3. The molecule has 0 atom stereocenters.